The van der Waals surface area contributed by atoms with Gasteiger partial charge in [0.2, 0.25) is 5.91 Å². The number of hydrogen-bond acceptors (Lipinski definition) is 4. The number of benzene rings is 1. The zero-order chi connectivity index (χ0) is 17.2. The van der Waals surface area contributed by atoms with Gasteiger partial charge in [-0.3, -0.25) is 4.79 Å². The molecule has 1 fully saturated rings. The molecule has 0 saturated heterocycles. The van der Waals surface area contributed by atoms with Crippen molar-refractivity contribution in [1.82, 2.24) is 5.32 Å². The molecule has 24 heavy (non-hydrogen) atoms. The molecule has 1 amide bonds. The number of rotatable bonds is 7. The molecular weight excluding hydrogens is 326 g/mol. The van der Waals surface area contributed by atoms with Gasteiger partial charge in [-0.25, -0.2) is 8.42 Å². The second kappa shape index (κ2) is 6.81. The van der Waals surface area contributed by atoms with E-state index in [-0.39, 0.29) is 23.3 Å². The Balaban J connectivity index is 1.81. The van der Waals surface area contributed by atoms with Crippen LogP contribution in [0.2, 0.25) is 0 Å². The van der Waals surface area contributed by atoms with Crippen molar-refractivity contribution in [3.63, 3.8) is 0 Å². The maximum absolute atomic E-state index is 12.9. The Hall–Kier alpha value is -2.08. The molecule has 0 aliphatic heterocycles. The van der Waals surface area contributed by atoms with Crippen molar-refractivity contribution < 1.29 is 17.6 Å². The molecule has 5 nitrogen and oxygen atoms in total. The van der Waals surface area contributed by atoms with Crippen LogP contribution in [-0.4, -0.2) is 20.9 Å². The van der Waals surface area contributed by atoms with Crippen LogP contribution in [0.4, 0.5) is 0 Å². The van der Waals surface area contributed by atoms with Crippen LogP contribution >= 0.6 is 0 Å². The van der Waals surface area contributed by atoms with E-state index in [2.05, 4.69) is 5.32 Å². The number of carbonyl (C=O) groups excluding carboxylic acids is 1. The first-order chi connectivity index (χ1) is 11.5. The molecule has 0 spiro atoms. The van der Waals surface area contributed by atoms with E-state index >= 15 is 0 Å². The van der Waals surface area contributed by atoms with E-state index in [4.69, 9.17) is 4.42 Å². The lowest BCUT2D eigenvalue weighted by Crippen LogP contribution is -2.35. The zero-order valence-corrected chi connectivity index (χ0v) is 14.3. The van der Waals surface area contributed by atoms with Gasteiger partial charge in [0.15, 0.2) is 9.84 Å². The van der Waals surface area contributed by atoms with Gasteiger partial charge in [0.25, 0.3) is 0 Å². The first kappa shape index (κ1) is 16.8. The van der Waals surface area contributed by atoms with Gasteiger partial charge in [-0.1, -0.05) is 25.1 Å². The molecule has 1 N–H and O–H groups in total. The number of nitrogens with one attached hydrogen (secondary N) is 1. The van der Waals surface area contributed by atoms with Gasteiger partial charge >= 0.3 is 0 Å². The molecule has 1 heterocycles. The van der Waals surface area contributed by atoms with Gasteiger partial charge in [0, 0.05) is 12.5 Å². The minimum absolute atomic E-state index is 0.000629. The number of amides is 1. The molecule has 6 heteroatoms. The van der Waals surface area contributed by atoms with Crippen LogP contribution in [0, 0.1) is 11.8 Å². The minimum atomic E-state index is -3.66. The smallest absolute Gasteiger partial charge is 0.223 e. The van der Waals surface area contributed by atoms with Gasteiger partial charge < -0.3 is 9.73 Å². The van der Waals surface area contributed by atoms with Gasteiger partial charge in [-0.2, -0.15) is 0 Å². The molecule has 2 aromatic rings. The Morgan fingerprint density at radius 1 is 1.21 bits per heavy atom. The van der Waals surface area contributed by atoms with Crippen molar-refractivity contribution in [3.05, 3.63) is 54.5 Å². The Labute approximate surface area is 142 Å². The first-order valence-corrected chi connectivity index (χ1v) is 9.65. The SMILES string of the molecule is CC(C(=O)NCC(c1ccco1)S(=O)(=O)c1ccccc1)C1CC1. The summed E-state index contributed by atoms with van der Waals surface area (Å²) in [5.41, 5.74) is 0. The summed E-state index contributed by atoms with van der Waals surface area (Å²) in [7, 11) is -3.66. The molecule has 1 aliphatic rings. The van der Waals surface area contributed by atoms with E-state index in [1.54, 1.807) is 42.5 Å². The normalized spacial score (nSPS) is 17.2. The number of carbonyl (C=O) groups is 1. The summed E-state index contributed by atoms with van der Waals surface area (Å²) in [6, 6.07) is 11.5. The van der Waals surface area contributed by atoms with Crippen LogP contribution in [0.15, 0.2) is 58.0 Å². The summed E-state index contributed by atoms with van der Waals surface area (Å²) in [6.07, 6.45) is 3.58. The number of sulfone groups is 1. The van der Waals surface area contributed by atoms with Crippen molar-refractivity contribution in [2.75, 3.05) is 6.54 Å². The molecule has 1 aromatic carbocycles. The third-order valence-corrected chi connectivity index (χ3v) is 6.59. The predicted octanol–water partition coefficient (Wildman–Crippen LogP) is 2.96. The molecule has 2 atom stereocenters. The zero-order valence-electron chi connectivity index (χ0n) is 13.5. The molecule has 128 valence electrons. The van der Waals surface area contributed by atoms with Crippen molar-refractivity contribution in [2.45, 2.75) is 29.9 Å². The van der Waals surface area contributed by atoms with Crippen LogP contribution in [0.3, 0.4) is 0 Å². The Bertz CT molecular complexity index is 780. The standard InChI is InChI=1S/C18H21NO4S/c1-13(14-9-10-14)18(20)19-12-17(16-8-5-11-23-16)24(21,22)15-6-3-2-4-7-15/h2-8,11,13-14,17H,9-10,12H2,1H3,(H,19,20). The second-order valence-electron chi connectivity index (χ2n) is 6.23. The summed E-state index contributed by atoms with van der Waals surface area (Å²) in [6.45, 7) is 1.89. The Kier molecular flexibility index (Phi) is 4.76. The topological polar surface area (TPSA) is 76.4 Å². The summed E-state index contributed by atoms with van der Waals surface area (Å²) in [5.74, 6) is 0.579. The lowest BCUT2D eigenvalue weighted by Gasteiger charge is -2.18. The Morgan fingerprint density at radius 2 is 1.92 bits per heavy atom. The van der Waals surface area contributed by atoms with E-state index in [1.165, 1.54) is 6.26 Å². The average Bonchev–Trinajstić information content (AvgIpc) is 3.31. The largest absolute Gasteiger partial charge is 0.468 e. The van der Waals surface area contributed by atoms with Crippen molar-refractivity contribution in [2.24, 2.45) is 11.8 Å². The maximum Gasteiger partial charge on any atom is 0.223 e. The summed E-state index contributed by atoms with van der Waals surface area (Å²) in [4.78, 5) is 12.4. The minimum Gasteiger partial charge on any atom is -0.468 e. The third kappa shape index (κ3) is 3.53. The summed E-state index contributed by atoms with van der Waals surface area (Å²) in [5, 5.41) is 1.85. The number of hydrogen-bond donors (Lipinski definition) is 1. The maximum atomic E-state index is 12.9. The predicted molar refractivity (Wildman–Crippen MR) is 90.0 cm³/mol. The molecule has 0 bridgehead atoms. The monoisotopic (exact) mass is 347 g/mol. The van der Waals surface area contributed by atoms with Crippen molar-refractivity contribution in [3.8, 4) is 0 Å². The molecule has 2 unspecified atom stereocenters. The fourth-order valence-electron chi connectivity index (χ4n) is 2.78. The third-order valence-electron chi connectivity index (χ3n) is 4.51. The summed E-state index contributed by atoms with van der Waals surface area (Å²) >= 11 is 0. The highest BCUT2D eigenvalue weighted by atomic mass is 32.2. The molecule has 3 rings (SSSR count). The van der Waals surface area contributed by atoms with Gasteiger partial charge in [-0.15, -0.1) is 0 Å². The van der Waals surface area contributed by atoms with Gasteiger partial charge in [0.1, 0.15) is 11.0 Å². The van der Waals surface area contributed by atoms with Crippen LogP contribution < -0.4 is 5.32 Å². The van der Waals surface area contributed by atoms with E-state index in [1.807, 2.05) is 6.92 Å². The van der Waals surface area contributed by atoms with Crippen LogP contribution in [0.25, 0.3) is 0 Å². The second-order valence-corrected chi connectivity index (χ2v) is 8.36. The lowest BCUT2D eigenvalue weighted by molar-refractivity contribution is -0.125. The van der Waals surface area contributed by atoms with Crippen LogP contribution in [0.5, 0.6) is 0 Å². The van der Waals surface area contributed by atoms with Crippen LogP contribution in [0.1, 0.15) is 30.8 Å². The quantitative estimate of drug-likeness (QED) is 0.835. The summed E-state index contributed by atoms with van der Waals surface area (Å²) < 4.78 is 31.2. The van der Waals surface area contributed by atoms with Crippen molar-refractivity contribution >= 4 is 15.7 Å². The number of furan rings is 1. The Morgan fingerprint density at radius 3 is 2.50 bits per heavy atom. The average molecular weight is 347 g/mol. The molecule has 1 aliphatic carbocycles. The van der Waals surface area contributed by atoms with E-state index < -0.39 is 15.1 Å². The highest BCUT2D eigenvalue weighted by molar-refractivity contribution is 7.91. The van der Waals surface area contributed by atoms with Crippen LogP contribution in [-0.2, 0) is 14.6 Å². The van der Waals surface area contributed by atoms with E-state index in [0.29, 0.717) is 11.7 Å². The fourth-order valence-corrected chi connectivity index (χ4v) is 4.38. The van der Waals surface area contributed by atoms with E-state index in [9.17, 15) is 13.2 Å². The van der Waals surface area contributed by atoms with E-state index in [0.717, 1.165) is 12.8 Å². The first-order valence-electron chi connectivity index (χ1n) is 8.10. The highest BCUT2D eigenvalue weighted by Crippen LogP contribution is 2.36. The molecule has 0 radical (unpaired) electrons. The molecule has 1 aromatic heterocycles. The van der Waals surface area contributed by atoms with Gasteiger partial charge in [-0.05, 0) is 43.0 Å². The lowest BCUT2D eigenvalue weighted by atomic mass is 10.1. The fraction of sp³-hybridized carbons (Fsp3) is 0.389. The molecular formula is C18H21NO4S. The highest BCUT2D eigenvalue weighted by Gasteiger charge is 2.35. The van der Waals surface area contributed by atoms with Gasteiger partial charge in [0.05, 0.1) is 11.2 Å². The molecule has 1 saturated carbocycles. The van der Waals surface area contributed by atoms with Crippen molar-refractivity contribution in [1.29, 1.82) is 0 Å².